The van der Waals surface area contributed by atoms with Gasteiger partial charge >= 0.3 is 0 Å². The SMILES string of the molecule is O=C(Nc1ccc(O)cc1)c1ccc(Br)cc1O. The summed E-state index contributed by atoms with van der Waals surface area (Å²) in [5.74, 6) is -0.383. The lowest BCUT2D eigenvalue weighted by molar-refractivity contribution is 0.102. The number of carbonyl (C=O) groups excluding carboxylic acids is 1. The van der Waals surface area contributed by atoms with Crippen LogP contribution in [0.3, 0.4) is 0 Å². The van der Waals surface area contributed by atoms with E-state index in [1.54, 1.807) is 18.2 Å². The first-order valence-electron chi connectivity index (χ1n) is 5.15. The summed E-state index contributed by atoms with van der Waals surface area (Å²) < 4.78 is 0.696. The highest BCUT2D eigenvalue weighted by atomic mass is 79.9. The van der Waals surface area contributed by atoms with Crippen molar-refractivity contribution in [2.24, 2.45) is 0 Å². The number of phenols is 2. The number of nitrogens with one attached hydrogen (secondary N) is 1. The molecule has 1 amide bonds. The smallest absolute Gasteiger partial charge is 0.259 e. The number of hydrogen-bond donors (Lipinski definition) is 3. The maximum Gasteiger partial charge on any atom is 0.259 e. The predicted octanol–water partition coefficient (Wildman–Crippen LogP) is 3.11. The van der Waals surface area contributed by atoms with Crippen LogP contribution in [-0.2, 0) is 0 Å². The van der Waals surface area contributed by atoms with Crippen LogP contribution in [0.5, 0.6) is 11.5 Å². The first-order valence-corrected chi connectivity index (χ1v) is 5.94. The van der Waals surface area contributed by atoms with Gasteiger partial charge in [-0.3, -0.25) is 4.79 Å². The number of carbonyl (C=O) groups is 1. The maximum atomic E-state index is 11.9. The molecule has 5 heteroatoms. The molecule has 0 atom stereocenters. The van der Waals surface area contributed by atoms with E-state index in [1.807, 2.05) is 0 Å². The van der Waals surface area contributed by atoms with Crippen LogP contribution < -0.4 is 5.32 Å². The van der Waals surface area contributed by atoms with E-state index in [0.29, 0.717) is 10.2 Å². The normalized spacial score (nSPS) is 10.1. The van der Waals surface area contributed by atoms with Crippen LogP contribution in [0.1, 0.15) is 10.4 Å². The van der Waals surface area contributed by atoms with Crippen LogP contribution in [0.15, 0.2) is 46.9 Å². The van der Waals surface area contributed by atoms with Crippen molar-refractivity contribution in [3.8, 4) is 11.5 Å². The van der Waals surface area contributed by atoms with Crippen LogP contribution in [-0.4, -0.2) is 16.1 Å². The first kappa shape index (κ1) is 12.4. The van der Waals surface area contributed by atoms with Gasteiger partial charge in [0.2, 0.25) is 0 Å². The van der Waals surface area contributed by atoms with E-state index in [0.717, 1.165) is 0 Å². The molecular formula is C13H10BrNO3. The fourth-order valence-electron chi connectivity index (χ4n) is 1.44. The van der Waals surface area contributed by atoms with E-state index in [1.165, 1.54) is 24.3 Å². The molecule has 0 aliphatic rings. The number of rotatable bonds is 2. The summed E-state index contributed by atoms with van der Waals surface area (Å²) in [4.78, 5) is 11.9. The maximum absolute atomic E-state index is 11.9. The Morgan fingerprint density at radius 1 is 1.06 bits per heavy atom. The summed E-state index contributed by atoms with van der Waals surface area (Å²) in [7, 11) is 0. The Bertz CT molecular complexity index is 581. The van der Waals surface area contributed by atoms with E-state index in [9.17, 15) is 9.90 Å². The number of phenolic OH excluding ortho intramolecular Hbond substituents is 2. The Morgan fingerprint density at radius 2 is 1.72 bits per heavy atom. The Hall–Kier alpha value is -2.01. The van der Waals surface area contributed by atoms with E-state index < -0.39 is 5.91 Å². The molecule has 0 heterocycles. The van der Waals surface area contributed by atoms with Crippen molar-refractivity contribution >= 4 is 27.5 Å². The van der Waals surface area contributed by atoms with Gasteiger partial charge in [0.1, 0.15) is 11.5 Å². The van der Waals surface area contributed by atoms with Crippen molar-refractivity contribution in [2.45, 2.75) is 0 Å². The van der Waals surface area contributed by atoms with Gasteiger partial charge in [0.05, 0.1) is 5.56 Å². The summed E-state index contributed by atoms with van der Waals surface area (Å²) in [5.41, 5.74) is 0.728. The molecule has 0 saturated carbocycles. The second-order valence-corrected chi connectivity index (χ2v) is 4.58. The number of anilines is 1. The van der Waals surface area contributed by atoms with Gasteiger partial charge in [-0.15, -0.1) is 0 Å². The zero-order chi connectivity index (χ0) is 13.1. The van der Waals surface area contributed by atoms with Crippen LogP contribution in [0.25, 0.3) is 0 Å². The Balaban J connectivity index is 2.19. The average molecular weight is 308 g/mol. The lowest BCUT2D eigenvalue weighted by Crippen LogP contribution is -2.11. The van der Waals surface area contributed by atoms with E-state index in [2.05, 4.69) is 21.2 Å². The predicted molar refractivity (Wildman–Crippen MR) is 71.9 cm³/mol. The second kappa shape index (κ2) is 5.10. The molecule has 0 aliphatic heterocycles. The monoisotopic (exact) mass is 307 g/mol. The fourth-order valence-corrected chi connectivity index (χ4v) is 1.79. The number of hydrogen-bond acceptors (Lipinski definition) is 3. The number of halogens is 1. The van der Waals surface area contributed by atoms with Crippen molar-refractivity contribution in [3.63, 3.8) is 0 Å². The largest absolute Gasteiger partial charge is 0.508 e. The van der Waals surface area contributed by atoms with Crippen molar-refractivity contribution in [1.29, 1.82) is 0 Å². The summed E-state index contributed by atoms with van der Waals surface area (Å²) in [6, 6.07) is 10.7. The fraction of sp³-hybridized carbons (Fsp3) is 0. The van der Waals surface area contributed by atoms with Crippen molar-refractivity contribution < 1.29 is 15.0 Å². The molecule has 2 aromatic rings. The molecule has 4 nitrogen and oxygen atoms in total. The highest BCUT2D eigenvalue weighted by Gasteiger charge is 2.11. The Labute approximate surface area is 112 Å². The number of amides is 1. The lowest BCUT2D eigenvalue weighted by atomic mass is 10.2. The lowest BCUT2D eigenvalue weighted by Gasteiger charge is -2.07. The van der Waals surface area contributed by atoms with Gasteiger partial charge in [0.15, 0.2) is 0 Å². The van der Waals surface area contributed by atoms with E-state index in [4.69, 9.17) is 5.11 Å². The van der Waals surface area contributed by atoms with Crippen LogP contribution in [0.4, 0.5) is 5.69 Å². The van der Waals surface area contributed by atoms with E-state index in [-0.39, 0.29) is 17.1 Å². The standard InChI is InChI=1S/C13H10BrNO3/c14-8-1-6-11(12(17)7-8)13(18)15-9-2-4-10(16)5-3-9/h1-7,16-17H,(H,15,18). The molecular weight excluding hydrogens is 298 g/mol. The number of aromatic hydroxyl groups is 2. The summed E-state index contributed by atoms with van der Waals surface area (Å²) >= 11 is 3.20. The van der Waals surface area contributed by atoms with Crippen LogP contribution in [0.2, 0.25) is 0 Å². The molecule has 0 bridgehead atoms. The zero-order valence-electron chi connectivity index (χ0n) is 9.22. The zero-order valence-corrected chi connectivity index (χ0v) is 10.8. The van der Waals surface area contributed by atoms with Crippen molar-refractivity contribution in [3.05, 3.63) is 52.5 Å². The molecule has 0 radical (unpaired) electrons. The minimum Gasteiger partial charge on any atom is -0.508 e. The van der Waals surface area contributed by atoms with Gasteiger partial charge in [0.25, 0.3) is 5.91 Å². The Morgan fingerprint density at radius 3 is 2.33 bits per heavy atom. The molecule has 0 saturated heterocycles. The second-order valence-electron chi connectivity index (χ2n) is 3.66. The summed E-state index contributed by atoms with van der Waals surface area (Å²) in [6.07, 6.45) is 0. The van der Waals surface area contributed by atoms with Gasteiger partial charge in [-0.25, -0.2) is 0 Å². The highest BCUT2D eigenvalue weighted by molar-refractivity contribution is 9.10. The minimum absolute atomic E-state index is 0.0966. The summed E-state index contributed by atoms with van der Waals surface area (Å²) in [6.45, 7) is 0. The third-order valence-electron chi connectivity index (χ3n) is 2.33. The molecule has 18 heavy (non-hydrogen) atoms. The van der Waals surface area contributed by atoms with E-state index >= 15 is 0 Å². The van der Waals surface area contributed by atoms with Gasteiger partial charge in [-0.1, -0.05) is 15.9 Å². The average Bonchev–Trinajstić information content (AvgIpc) is 2.32. The van der Waals surface area contributed by atoms with Crippen LogP contribution in [0, 0.1) is 0 Å². The van der Waals surface area contributed by atoms with Gasteiger partial charge in [0, 0.05) is 10.2 Å². The molecule has 0 unspecified atom stereocenters. The van der Waals surface area contributed by atoms with Gasteiger partial charge in [-0.2, -0.15) is 0 Å². The molecule has 0 aromatic heterocycles. The van der Waals surface area contributed by atoms with Crippen molar-refractivity contribution in [2.75, 3.05) is 5.32 Å². The molecule has 2 aromatic carbocycles. The molecule has 0 fully saturated rings. The van der Waals surface area contributed by atoms with Crippen LogP contribution >= 0.6 is 15.9 Å². The van der Waals surface area contributed by atoms with Gasteiger partial charge in [-0.05, 0) is 42.5 Å². The third kappa shape index (κ3) is 2.81. The van der Waals surface area contributed by atoms with Crippen molar-refractivity contribution in [1.82, 2.24) is 0 Å². The Kier molecular flexibility index (Phi) is 3.53. The topological polar surface area (TPSA) is 69.6 Å². The quantitative estimate of drug-likeness (QED) is 0.747. The number of benzene rings is 2. The molecule has 0 aliphatic carbocycles. The summed E-state index contributed by atoms with van der Waals surface area (Å²) in [5, 5.41) is 21.4. The first-order chi connectivity index (χ1) is 8.56. The molecule has 92 valence electrons. The highest BCUT2D eigenvalue weighted by Crippen LogP contribution is 2.23. The van der Waals surface area contributed by atoms with Gasteiger partial charge < -0.3 is 15.5 Å². The molecule has 2 rings (SSSR count). The molecule has 0 spiro atoms. The third-order valence-corrected chi connectivity index (χ3v) is 2.82. The minimum atomic E-state index is -0.411. The molecule has 3 N–H and O–H groups in total.